The van der Waals surface area contributed by atoms with Crippen molar-refractivity contribution in [2.75, 3.05) is 18.0 Å². The van der Waals surface area contributed by atoms with E-state index in [2.05, 4.69) is 51.6 Å². The maximum absolute atomic E-state index is 4.38. The van der Waals surface area contributed by atoms with E-state index < -0.39 is 0 Å². The van der Waals surface area contributed by atoms with Gasteiger partial charge in [0.1, 0.15) is 16.7 Å². The molecule has 0 bridgehead atoms. The highest BCUT2D eigenvalue weighted by Crippen LogP contribution is 2.35. The zero-order valence-electron chi connectivity index (χ0n) is 11.5. The molecule has 1 unspecified atom stereocenters. The zero-order chi connectivity index (χ0) is 13.2. The highest BCUT2D eigenvalue weighted by Gasteiger charge is 2.27. The van der Waals surface area contributed by atoms with Crippen LogP contribution in [0, 0.1) is 11.3 Å². The molecule has 18 heavy (non-hydrogen) atoms. The van der Waals surface area contributed by atoms with E-state index in [9.17, 15) is 0 Å². The zero-order valence-corrected chi connectivity index (χ0v) is 13.1. The van der Waals surface area contributed by atoms with Crippen molar-refractivity contribution in [2.24, 2.45) is 11.3 Å². The first-order valence-corrected chi connectivity index (χ1v) is 7.48. The molecule has 1 saturated heterocycles. The van der Waals surface area contributed by atoms with Crippen molar-refractivity contribution in [1.82, 2.24) is 9.97 Å². The van der Waals surface area contributed by atoms with Gasteiger partial charge in [0.15, 0.2) is 0 Å². The summed E-state index contributed by atoms with van der Waals surface area (Å²) in [5, 5.41) is 0. The van der Waals surface area contributed by atoms with Crippen molar-refractivity contribution in [3.8, 4) is 0 Å². The molecule has 1 fully saturated rings. The molecule has 1 aromatic heterocycles. The van der Waals surface area contributed by atoms with Gasteiger partial charge in [0.25, 0.3) is 0 Å². The molecule has 1 aromatic rings. The number of anilines is 1. The summed E-state index contributed by atoms with van der Waals surface area (Å²) < 4.78 is 0.865. The number of halogens is 1. The Bertz CT molecular complexity index is 400. The third kappa shape index (κ3) is 3.44. The fraction of sp³-hybridized carbons (Fsp3) is 0.714. The van der Waals surface area contributed by atoms with Gasteiger partial charge in [-0.25, -0.2) is 9.97 Å². The monoisotopic (exact) mass is 311 g/mol. The van der Waals surface area contributed by atoms with Gasteiger partial charge in [-0.2, -0.15) is 0 Å². The Labute approximate surface area is 118 Å². The second kappa shape index (κ2) is 5.55. The van der Waals surface area contributed by atoms with Crippen LogP contribution in [0.1, 0.15) is 40.0 Å². The maximum Gasteiger partial charge on any atom is 0.133 e. The number of hydrogen-bond donors (Lipinski definition) is 0. The van der Waals surface area contributed by atoms with Crippen molar-refractivity contribution < 1.29 is 0 Å². The average molecular weight is 312 g/mol. The van der Waals surface area contributed by atoms with E-state index in [0.29, 0.717) is 5.41 Å². The number of hydrogen-bond acceptors (Lipinski definition) is 3. The number of aromatic nitrogens is 2. The normalized spacial score (nSPS) is 21.8. The quantitative estimate of drug-likeness (QED) is 0.737. The molecule has 0 saturated carbocycles. The summed E-state index contributed by atoms with van der Waals surface area (Å²) in [5.74, 6) is 1.86. The summed E-state index contributed by atoms with van der Waals surface area (Å²) in [6.07, 6.45) is 5.46. The van der Waals surface area contributed by atoms with Gasteiger partial charge in [-0.3, -0.25) is 0 Å². The fourth-order valence-corrected chi connectivity index (χ4v) is 2.98. The van der Waals surface area contributed by atoms with Crippen molar-refractivity contribution in [2.45, 2.75) is 40.0 Å². The summed E-state index contributed by atoms with van der Waals surface area (Å²) in [7, 11) is 0. The minimum atomic E-state index is 0.419. The van der Waals surface area contributed by atoms with Crippen LogP contribution < -0.4 is 4.90 Å². The SMILES string of the molecule is CC(C)(C)C1CCCN(c2cc(Br)ncn2)CC1. The van der Waals surface area contributed by atoms with Crippen molar-refractivity contribution in [1.29, 1.82) is 0 Å². The molecule has 2 heterocycles. The second-order valence-corrected chi connectivity index (χ2v) is 6.99. The Hall–Kier alpha value is -0.640. The van der Waals surface area contributed by atoms with E-state index in [1.807, 2.05) is 6.07 Å². The molecule has 1 aliphatic heterocycles. The topological polar surface area (TPSA) is 29.0 Å². The summed E-state index contributed by atoms with van der Waals surface area (Å²) in [6, 6.07) is 2.01. The first-order valence-electron chi connectivity index (χ1n) is 6.69. The van der Waals surface area contributed by atoms with Crippen molar-refractivity contribution >= 4 is 21.7 Å². The van der Waals surface area contributed by atoms with Crippen LogP contribution in [0.15, 0.2) is 17.0 Å². The lowest BCUT2D eigenvalue weighted by Gasteiger charge is -2.29. The van der Waals surface area contributed by atoms with Gasteiger partial charge in [0.2, 0.25) is 0 Å². The van der Waals surface area contributed by atoms with Crippen LogP contribution in [0.5, 0.6) is 0 Å². The van der Waals surface area contributed by atoms with E-state index in [0.717, 1.165) is 29.4 Å². The molecular weight excluding hydrogens is 290 g/mol. The summed E-state index contributed by atoms with van der Waals surface area (Å²) in [5.41, 5.74) is 0.419. The van der Waals surface area contributed by atoms with Gasteiger partial charge in [-0.15, -0.1) is 0 Å². The summed E-state index contributed by atoms with van der Waals surface area (Å²) >= 11 is 3.41. The maximum atomic E-state index is 4.38. The summed E-state index contributed by atoms with van der Waals surface area (Å²) in [4.78, 5) is 10.9. The molecule has 4 heteroatoms. The molecule has 1 aliphatic rings. The van der Waals surface area contributed by atoms with E-state index in [1.165, 1.54) is 19.3 Å². The molecule has 2 rings (SSSR count). The molecule has 0 N–H and O–H groups in total. The van der Waals surface area contributed by atoms with Gasteiger partial charge in [0, 0.05) is 19.2 Å². The van der Waals surface area contributed by atoms with Crippen LogP contribution in [0.25, 0.3) is 0 Å². The first-order chi connectivity index (χ1) is 8.47. The average Bonchev–Trinajstić information content (AvgIpc) is 2.53. The highest BCUT2D eigenvalue weighted by atomic mass is 79.9. The van der Waals surface area contributed by atoms with E-state index >= 15 is 0 Å². The molecule has 0 spiro atoms. The van der Waals surface area contributed by atoms with Crippen LogP contribution >= 0.6 is 15.9 Å². The Morgan fingerprint density at radius 3 is 2.67 bits per heavy atom. The lowest BCUT2D eigenvalue weighted by Crippen LogP contribution is -2.26. The smallest absolute Gasteiger partial charge is 0.133 e. The van der Waals surface area contributed by atoms with Gasteiger partial charge < -0.3 is 4.90 Å². The Kier molecular flexibility index (Phi) is 4.25. The predicted octanol–water partition coefficient (Wildman–Crippen LogP) is 3.89. The van der Waals surface area contributed by atoms with Crippen molar-refractivity contribution in [3.63, 3.8) is 0 Å². The Balaban J connectivity index is 2.05. The minimum absolute atomic E-state index is 0.419. The second-order valence-electron chi connectivity index (χ2n) is 6.18. The fourth-order valence-electron chi connectivity index (χ4n) is 2.69. The number of rotatable bonds is 1. The molecule has 0 radical (unpaired) electrons. The standard InChI is InChI=1S/C14H22BrN3/c1-14(2,3)11-5-4-7-18(8-6-11)13-9-12(15)16-10-17-13/h9-11H,4-8H2,1-3H3. The highest BCUT2D eigenvalue weighted by molar-refractivity contribution is 9.10. The predicted molar refractivity (Wildman–Crippen MR) is 78.7 cm³/mol. The lowest BCUT2D eigenvalue weighted by atomic mass is 9.77. The van der Waals surface area contributed by atoms with Crippen LogP contribution in [-0.4, -0.2) is 23.1 Å². The van der Waals surface area contributed by atoms with Crippen LogP contribution in [-0.2, 0) is 0 Å². The van der Waals surface area contributed by atoms with Gasteiger partial charge in [0.05, 0.1) is 0 Å². The number of nitrogens with zero attached hydrogens (tertiary/aromatic N) is 3. The molecule has 100 valence electrons. The van der Waals surface area contributed by atoms with E-state index in [1.54, 1.807) is 6.33 Å². The molecule has 0 aliphatic carbocycles. The first kappa shape index (κ1) is 13.8. The van der Waals surface area contributed by atoms with Crippen molar-refractivity contribution in [3.05, 3.63) is 17.0 Å². The molecule has 1 atom stereocenters. The molecular formula is C14H22BrN3. The van der Waals surface area contributed by atoms with Gasteiger partial charge in [-0.05, 0) is 46.5 Å². The lowest BCUT2D eigenvalue weighted by molar-refractivity contribution is 0.220. The van der Waals surface area contributed by atoms with E-state index in [4.69, 9.17) is 0 Å². The van der Waals surface area contributed by atoms with Crippen LogP contribution in [0.4, 0.5) is 5.82 Å². The van der Waals surface area contributed by atoms with Crippen LogP contribution in [0.2, 0.25) is 0 Å². The molecule has 3 nitrogen and oxygen atoms in total. The Morgan fingerprint density at radius 1 is 1.22 bits per heavy atom. The van der Waals surface area contributed by atoms with Crippen LogP contribution in [0.3, 0.4) is 0 Å². The van der Waals surface area contributed by atoms with Gasteiger partial charge >= 0.3 is 0 Å². The van der Waals surface area contributed by atoms with E-state index in [-0.39, 0.29) is 0 Å². The molecule has 0 amide bonds. The summed E-state index contributed by atoms with van der Waals surface area (Å²) in [6.45, 7) is 9.28. The molecule has 0 aromatic carbocycles. The minimum Gasteiger partial charge on any atom is -0.356 e. The third-order valence-electron chi connectivity index (χ3n) is 3.90. The van der Waals surface area contributed by atoms with Gasteiger partial charge in [-0.1, -0.05) is 20.8 Å². The largest absolute Gasteiger partial charge is 0.356 e. The Morgan fingerprint density at radius 2 is 2.00 bits per heavy atom. The third-order valence-corrected chi connectivity index (χ3v) is 4.33.